The zero-order valence-electron chi connectivity index (χ0n) is 16.4. The maximum absolute atomic E-state index is 12.5. The number of rotatable bonds is 9. The molecule has 0 aliphatic carbocycles. The lowest BCUT2D eigenvalue weighted by Crippen LogP contribution is -2.34. The molecule has 0 saturated carbocycles. The van der Waals surface area contributed by atoms with Crippen molar-refractivity contribution in [2.75, 3.05) is 20.2 Å². The first-order valence-corrected chi connectivity index (χ1v) is 9.40. The van der Waals surface area contributed by atoms with Crippen molar-refractivity contribution in [3.8, 4) is 11.5 Å². The van der Waals surface area contributed by atoms with Crippen LogP contribution >= 0.6 is 0 Å². The average molecular weight is 401 g/mol. The Hall–Kier alpha value is -3.09. The van der Waals surface area contributed by atoms with Crippen molar-refractivity contribution in [2.24, 2.45) is 10.7 Å². The average Bonchev–Trinajstić information content (AvgIpc) is 3.01. The van der Waals surface area contributed by atoms with Gasteiger partial charge >= 0.3 is 6.61 Å². The second-order valence-electron chi connectivity index (χ2n) is 6.90. The molecule has 5 nitrogen and oxygen atoms in total. The van der Waals surface area contributed by atoms with Crippen molar-refractivity contribution in [1.82, 2.24) is 4.90 Å². The molecule has 0 unspecified atom stereocenters. The standard InChI is InChI=1S/C22H25F2N3O2/c1-3-4-5-13-28-19-8-6-7-17(14-19)22(15-27(2)21(25)26-22)16-9-11-18(12-10-16)29-20(23)24/h3,6-12,14,20H,1,4-5,13,15H2,2H3,(H2,25,26)/t22-/m1/s1. The van der Waals surface area contributed by atoms with Crippen LogP contribution in [0.1, 0.15) is 24.0 Å². The number of likely N-dealkylation sites (N-methyl/N-ethyl adjacent to an activating group) is 1. The Kier molecular flexibility index (Phi) is 6.36. The summed E-state index contributed by atoms with van der Waals surface area (Å²) >= 11 is 0. The largest absolute Gasteiger partial charge is 0.494 e. The van der Waals surface area contributed by atoms with E-state index in [-0.39, 0.29) is 5.75 Å². The Balaban J connectivity index is 1.93. The molecule has 0 fully saturated rings. The predicted octanol–water partition coefficient (Wildman–Crippen LogP) is 4.14. The van der Waals surface area contributed by atoms with Crippen LogP contribution < -0.4 is 15.2 Å². The van der Waals surface area contributed by atoms with Crippen molar-refractivity contribution in [2.45, 2.75) is 25.0 Å². The molecule has 0 aromatic heterocycles. The minimum Gasteiger partial charge on any atom is -0.494 e. The summed E-state index contributed by atoms with van der Waals surface area (Å²) < 4.78 is 35.3. The third-order valence-corrected chi connectivity index (χ3v) is 4.85. The van der Waals surface area contributed by atoms with E-state index in [0.29, 0.717) is 19.1 Å². The first-order valence-electron chi connectivity index (χ1n) is 9.40. The molecule has 2 N–H and O–H groups in total. The number of nitrogens with zero attached hydrogens (tertiary/aromatic N) is 2. The van der Waals surface area contributed by atoms with Gasteiger partial charge in [0, 0.05) is 7.05 Å². The molecular formula is C22H25F2N3O2. The van der Waals surface area contributed by atoms with Crippen LogP contribution in [-0.4, -0.2) is 37.7 Å². The van der Waals surface area contributed by atoms with E-state index in [2.05, 4.69) is 11.3 Å². The van der Waals surface area contributed by atoms with Crippen LogP contribution in [0.3, 0.4) is 0 Å². The minimum absolute atomic E-state index is 0.0986. The Morgan fingerprint density at radius 2 is 1.97 bits per heavy atom. The molecule has 7 heteroatoms. The zero-order valence-corrected chi connectivity index (χ0v) is 16.4. The highest BCUT2D eigenvalue weighted by Gasteiger charge is 2.41. The number of hydrogen-bond acceptors (Lipinski definition) is 5. The van der Waals surface area contributed by atoms with Gasteiger partial charge in [0.05, 0.1) is 13.2 Å². The molecule has 0 spiro atoms. The highest BCUT2D eigenvalue weighted by molar-refractivity contribution is 5.81. The van der Waals surface area contributed by atoms with E-state index in [1.54, 1.807) is 12.1 Å². The van der Waals surface area contributed by atoms with E-state index in [9.17, 15) is 8.78 Å². The van der Waals surface area contributed by atoms with Crippen molar-refractivity contribution in [1.29, 1.82) is 0 Å². The molecule has 2 aromatic rings. The molecule has 0 saturated heterocycles. The van der Waals surface area contributed by atoms with Crippen molar-refractivity contribution in [3.63, 3.8) is 0 Å². The summed E-state index contributed by atoms with van der Waals surface area (Å²) in [6.07, 6.45) is 3.64. The molecule has 1 heterocycles. The molecule has 1 aliphatic heterocycles. The smallest absolute Gasteiger partial charge is 0.387 e. The lowest BCUT2D eigenvalue weighted by molar-refractivity contribution is -0.0498. The zero-order chi connectivity index (χ0) is 20.9. The van der Waals surface area contributed by atoms with E-state index in [1.807, 2.05) is 42.3 Å². The van der Waals surface area contributed by atoms with Gasteiger partial charge in [0.2, 0.25) is 0 Å². The topological polar surface area (TPSA) is 60.1 Å². The number of guanidine groups is 1. The number of allylic oxidation sites excluding steroid dienone is 1. The molecule has 3 rings (SSSR count). The lowest BCUT2D eigenvalue weighted by Gasteiger charge is -2.28. The number of unbranched alkanes of at least 4 members (excludes halogenated alkanes) is 1. The summed E-state index contributed by atoms with van der Waals surface area (Å²) in [6, 6.07) is 14.3. The maximum Gasteiger partial charge on any atom is 0.387 e. The van der Waals surface area contributed by atoms with Crippen molar-refractivity contribution in [3.05, 3.63) is 72.3 Å². The van der Waals surface area contributed by atoms with Gasteiger partial charge in [-0.1, -0.05) is 30.3 Å². The van der Waals surface area contributed by atoms with E-state index in [4.69, 9.17) is 15.5 Å². The molecule has 2 aromatic carbocycles. The number of hydrogen-bond donors (Lipinski definition) is 1. The van der Waals surface area contributed by atoms with Crippen molar-refractivity contribution < 1.29 is 18.3 Å². The fourth-order valence-corrected chi connectivity index (χ4v) is 3.39. The normalized spacial score (nSPS) is 18.6. The van der Waals surface area contributed by atoms with E-state index in [1.165, 1.54) is 12.1 Å². The quantitative estimate of drug-likeness (QED) is 0.507. The van der Waals surface area contributed by atoms with Crippen LogP contribution in [0.4, 0.5) is 8.78 Å². The Morgan fingerprint density at radius 1 is 1.21 bits per heavy atom. The van der Waals surface area contributed by atoms with Gasteiger partial charge in [-0.15, -0.1) is 6.58 Å². The molecule has 1 aliphatic rings. The maximum atomic E-state index is 12.5. The summed E-state index contributed by atoms with van der Waals surface area (Å²) in [5.74, 6) is 1.25. The third kappa shape index (κ3) is 4.67. The second kappa shape index (κ2) is 8.94. The molecule has 154 valence electrons. The summed E-state index contributed by atoms with van der Waals surface area (Å²) in [7, 11) is 1.87. The second-order valence-corrected chi connectivity index (χ2v) is 6.90. The molecular weight excluding hydrogens is 376 g/mol. The Morgan fingerprint density at radius 3 is 2.59 bits per heavy atom. The van der Waals surface area contributed by atoms with Crippen LogP contribution in [0, 0.1) is 0 Å². The van der Waals surface area contributed by atoms with Gasteiger partial charge in [0.1, 0.15) is 17.0 Å². The molecule has 1 atom stereocenters. The number of ether oxygens (including phenoxy) is 2. The predicted molar refractivity (Wildman–Crippen MR) is 109 cm³/mol. The van der Waals surface area contributed by atoms with Gasteiger partial charge in [-0.25, -0.2) is 4.99 Å². The lowest BCUT2D eigenvalue weighted by atomic mass is 9.83. The Bertz CT molecular complexity index is 871. The summed E-state index contributed by atoms with van der Waals surface area (Å²) in [6.45, 7) is 1.96. The van der Waals surface area contributed by atoms with Crippen LogP contribution in [0.2, 0.25) is 0 Å². The van der Waals surface area contributed by atoms with Crippen LogP contribution in [-0.2, 0) is 5.54 Å². The molecule has 0 amide bonds. The van der Waals surface area contributed by atoms with E-state index in [0.717, 1.165) is 29.7 Å². The van der Waals surface area contributed by atoms with Gasteiger partial charge in [-0.2, -0.15) is 8.78 Å². The number of benzene rings is 2. The van der Waals surface area contributed by atoms with Gasteiger partial charge < -0.3 is 20.1 Å². The highest BCUT2D eigenvalue weighted by Crippen LogP contribution is 2.39. The summed E-state index contributed by atoms with van der Waals surface area (Å²) in [5, 5.41) is 0. The number of alkyl halides is 2. The van der Waals surface area contributed by atoms with Crippen LogP contribution in [0.15, 0.2) is 66.2 Å². The number of aliphatic imine (C=N–C) groups is 1. The van der Waals surface area contributed by atoms with E-state index < -0.39 is 12.2 Å². The fraction of sp³-hybridized carbons (Fsp3) is 0.318. The van der Waals surface area contributed by atoms with Gasteiger partial charge in [-0.3, -0.25) is 0 Å². The van der Waals surface area contributed by atoms with Crippen LogP contribution in [0.5, 0.6) is 11.5 Å². The first kappa shape index (κ1) is 20.6. The van der Waals surface area contributed by atoms with Gasteiger partial charge in [0.25, 0.3) is 0 Å². The highest BCUT2D eigenvalue weighted by atomic mass is 19.3. The van der Waals surface area contributed by atoms with Crippen LogP contribution in [0.25, 0.3) is 0 Å². The number of nitrogens with two attached hydrogens (primary N) is 1. The summed E-state index contributed by atoms with van der Waals surface area (Å²) in [5.41, 5.74) is 7.07. The van der Waals surface area contributed by atoms with Gasteiger partial charge in [0.15, 0.2) is 5.96 Å². The third-order valence-electron chi connectivity index (χ3n) is 4.85. The molecule has 0 bridgehead atoms. The first-order chi connectivity index (χ1) is 13.9. The van der Waals surface area contributed by atoms with Crippen molar-refractivity contribution >= 4 is 5.96 Å². The monoisotopic (exact) mass is 401 g/mol. The van der Waals surface area contributed by atoms with E-state index >= 15 is 0 Å². The Labute approximate surface area is 169 Å². The number of halogens is 2. The summed E-state index contributed by atoms with van der Waals surface area (Å²) in [4.78, 5) is 6.61. The molecule has 0 radical (unpaired) electrons. The molecule has 29 heavy (non-hydrogen) atoms. The minimum atomic E-state index is -2.86. The SMILES string of the molecule is C=CCCCOc1cccc([C@]2(c3ccc(OC(F)F)cc3)CN(C)C(N)=N2)c1. The van der Waals surface area contributed by atoms with Gasteiger partial charge in [-0.05, 0) is 48.2 Å². The fourth-order valence-electron chi connectivity index (χ4n) is 3.39.